The molecule has 2 aromatic rings. The topological polar surface area (TPSA) is 103 Å². The SMILES string of the molecule is CC(C)Oc1ccc2[nH]nc(C3=NC=NC(N4CCC(C(=O)O)CC4)C3)c2c1. The number of rotatable bonds is 5. The molecule has 8 heteroatoms. The number of aromatic nitrogens is 2. The largest absolute Gasteiger partial charge is 0.491 e. The quantitative estimate of drug-likeness (QED) is 0.826. The molecule has 1 saturated heterocycles. The number of nitrogens with zero attached hydrogens (tertiary/aromatic N) is 4. The fraction of sp³-hybridized carbons (Fsp3) is 0.500. The molecular weight excluding hydrogens is 358 g/mol. The molecule has 0 saturated carbocycles. The standard InChI is InChI=1S/C20H25N5O3/c1-12(2)28-14-3-4-16-15(9-14)19(24-23-16)17-10-18(22-11-21-17)25-7-5-13(6-8-25)20(26)27/h3-4,9,11-13,18H,5-8,10H2,1-2H3,(H,23,24)(H,26,27). The van der Waals surface area contributed by atoms with Gasteiger partial charge in [0.1, 0.15) is 23.9 Å². The van der Waals surface area contributed by atoms with E-state index in [0.717, 1.165) is 41.1 Å². The Bertz CT molecular complexity index is 925. The molecule has 1 unspecified atom stereocenters. The number of benzene rings is 1. The first-order valence-corrected chi connectivity index (χ1v) is 9.71. The van der Waals surface area contributed by atoms with E-state index in [-0.39, 0.29) is 18.2 Å². The molecular formula is C20H25N5O3. The smallest absolute Gasteiger partial charge is 0.306 e. The van der Waals surface area contributed by atoms with Gasteiger partial charge in [0, 0.05) is 24.9 Å². The molecule has 2 N–H and O–H groups in total. The fourth-order valence-corrected chi connectivity index (χ4v) is 3.84. The highest BCUT2D eigenvalue weighted by atomic mass is 16.5. The van der Waals surface area contributed by atoms with Gasteiger partial charge in [0.15, 0.2) is 0 Å². The Labute approximate surface area is 163 Å². The highest BCUT2D eigenvalue weighted by Crippen LogP contribution is 2.27. The van der Waals surface area contributed by atoms with Crippen molar-refractivity contribution in [2.24, 2.45) is 15.9 Å². The maximum absolute atomic E-state index is 11.2. The number of fused-ring (bicyclic) bond motifs is 1. The first-order chi connectivity index (χ1) is 13.5. The number of piperidine rings is 1. The third kappa shape index (κ3) is 3.77. The van der Waals surface area contributed by atoms with Gasteiger partial charge < -0.3 is 9.84 Å². The van der Waals surface area contributed by atoms with Crippen LogP contribution in [0.1, 0.15) is 38.8 Å². The number of aromatic amines is 1. The molecule has 1 aromatic carbocycles. The summed E-state index contributed by atoms with van der Waals surface area (Å²) in [6.07, 6.45) is 3.66. The van der Waals surface area contributed by atoms with Crippen LogP contribution < -0.4 is 4.74 Å². The highest BCUT2D eigenvalue weighted by molar-refractivity contribution is 6.12. The van der Waals surface area contributed by atoms with E-state index < -0.39 is 5.97 Å². The second-order valence-corrected chi connectivity index (χ2v) is 7.62. The number of aliphatic carboxylic acids is 1. The number of nitrogens with one attached hydrogen (secondary N) is 1. The van der Waals surface area contributed by atoms with Gasteiger partial charge in [0.05, 0.1) is 23.3 Å². The van der Waals surface area contributed by atoms with E-state index in [9.17, 15) is 9.90 Å². The van der Waals surface area contributed by atoms with Crippen LogP contribution in [0.2, 0.25) is 0 Å². The number of carboxylic acids is 1. The lowest BCUT2D eigenvalue weighted by Crippen LogP contribution is -2.43. The van der Waals surface area contributed by atoms with E-state index in [1.54, 1.807) is 6.34 Å². The Hall–Kier alpha value is -2.74. The zero-order chi connectivity index (χ0) is 19.7. The summed E-state index contributed by atoms with van der Waals surface area (Å²) >= 11 is 0. The maximum atomic E-state index is 11.2. The lowest BCUT2D eigenvalue weighted by molar-refractivity contribution is -0.143. The monoisotopic (exact) mass is 383 g/mol. The summed E-state index contributed by atoms with van der Waals surface area (Å²) in [7, 11) is 0. The molecule has 1 aromatic heterocycles. The molecule has 0 bridgehead atoms. The van der Waals surface area contributed by atoms with Crippen LogP contribution in [0.25, 0.3) is 10.9 Å². The molecule has 148 valence electrons. The van der Waals surface area contributed by atoms with E-state index in [0.29, 0.717) is 19.3 Å². The van der Waals surface area contributed by atoms with Crippen molar-refractivity contribution in [2.75, 3.05) is 13.1 Å². The van der Waals surface area contributed by atoms with Crippen LogP contribution in [-0.4, -0.2) is 63.6 Å². The maximum Gasteiger partial charge on any atom is 0.306 e. The summed E-state index contributed by atoms with van der Waals surface area (Å²) in [6, 6.07) is 5.90. The molecule has 2 aliphatic rings. The van der Waals surface area contributed by atoms with Crippen LogP contribution in [0.3, 0.4) is 0 Å². The Morgan fingerprint density at radius 3 is 2.82 bits per heavy atom. The number of carboxylic acid groups (broad SMARTS) is 1. The zero-order valence-electron chi connectivity index (χ0n) is 16.1. The van der Waals surface area contributed by atoms with Crippen LogP contribution >= 0.6 is 0 Å². The minimum absolute atomic E-state index is 0.0240. The first-order valence-electron chi connectivity index (χ1n) is 9.71. The van der Waals surface area contributed by atoms with Gasteiger partial charge in [-0.1, -0.05) is 0 Å². The van der Waals surface area contributed by atoms with Gasteiger partial charge in [-0.2, -0.15) is 5.10 Å². The van der Waals surface area contributed by atoms with Gasteiger partial charge in [-0.25, -0.2) is 4.99 Å². The summed E-state index contributed by atoms with van der Waals surface area (Å²) in [4.78, 5) is 22.4. The molecule has 0 spiro atoms. The van der Waals surface area contributed by atoms with Crippen LogP contribution in [0.4, 0.5) is 0 Å². The third-order valence-electron chi connectivity index (χ3n) is 5.31. The lowest BCUT2D eigenvalue weighted by Gasteiger charge is -2.35. The van der Waals surface area contributed by atoms with Crippen molar-refractivity contribution in [3.63, 3.8) is 0 Å². The Morgan fingerprint density at radius 2 is 2.11 bits per heavy atom. The molecule has 1 fully saturated rings. The molecule has 0 aliphatic carbocycles. The predicted octanol–water partition coefficient (Wildman–Crippen LogP) is 2.69. The molecule has 3 heterocycles. The molecule has 28 heavy (non-hydrogen) atoms. The second kappa shape index (κ2) is 7.71. The van der Waals surface area contributed by atoms with E-state index in [2.05, 4.69) is 25.1 Å². The number of H-pyrrole nitrogens is 1. The van der Waals surface area contributed by atoms with E-state index in [1.165, 1.54) is 0 Å². The van der Waals surface area contributed by atoms with Crippen molar-refractivity contribution in [3.8, 4) is 5.75 Å². The van der Waals surface area contributed by atoms with Gasteiger partial charge in [-0.3, -0.25) is 19.8 Å². The van der Waals surface area contributed by atoms with Crippen LogP contribution in [0.5, 0.6) is 5.75 Å². The highest BCUT2D eigenvalue weighted by Gasteiger charge is 2.30. The third-order valence-corrected chi connectivity index (χ3v) is 5.31. The number of likely N-dealkylation sites (tertiary alicyclic amines) is 1. The number of aliphatic imine (C=N–C) groups is 2. The zero-order valence-corrected chi connectivity index (χ0v) is 16.1. The van der Waals surface area contributed by atoms with Crippen LogP contribution in [-0.2, 0) is 4.79 Å². The van der Waals surface area contributed by atoms with Crippen molar-refractivity contribution in [1.29, 1.82) is 0 Å². The van der Waals surface area contributed by atoms with E-state index in [4.69, 9.17) is 4.74 Å². The molecule has 0 amide bonds. The van der Waals surface area contributed by atoms with Crippen molar-refractivity contribution in [1.82, 2.24) is 15.1 Å². The summed E-state index contributed by atoms with van der Waals surface area (Å²) < 4.78 is 5.82. The van der Waals surface area contributed by atoms with Gasteiger partial charge in [-0.05, 0) is 44.9 Å². The molecule has 0 radical (unpaired) electrons. The summed E-state index contributed by atoms with van der Waals surface area (Å²) in [5.74, 6) is -0.134. The van der Waals surface area contributed by atoms with E-state index in [1.807, 2.05) is 32.0 Å². The average molecular weight is 383 g/mol. The molecule has 1 atom stereocenters. The average Bonchev–Trinajstić information content (AvgIpc) is 3.11. The summed E-state index contributed by atoms with van der Waals surface area (Å²) in [5, 5.41) is 17.7. The molecule has 8 nitrogen and oxygen atoms in total. The fourth-order valence-electron chi connectivity index (χ4n) is 3.84. The number of hydrogen-bond acceptors (Lipinski definition) is 6. The van der Waals surface area contributed by atoms with Crippen LogP contribution in [0.15, 0.2) is 28.2 Å². The van der Waals surface area contributed by atoms with Crippen molar-refractivity contribution in [2.45, 2.75) is 45.4 Å². The van der Waals surface area contributed by atoms with Crippen molar-refractivity contribution < 1.29 is 14.6 Å². The second-order valence-electron chi connectivity index (χ2n) is 7.62. The van der Waals surface area contributed by atoms with Crippen LogP contribution in [0, 0.1) is 5.92 Å². The Kier molecular flexibility index (Phi) is 5.13. The van der Waals surface area contributed by atoms with Gasteiger partial charge in [0.25, 0.3) is 0 Å². The van der Waals surface area contributed by atoms with Crippen molar-refractivity contribution in [3.05, 3.63) is 23.9 Å². The first kappa shape index (κ1) is 18.6. The summed E-state index contributed by atoms with van der Waals surface area (Å²) in [6.45, 7) is 5.47. The Morgan fingerprint density at radius 1 is 1.32 bits per heavy atom. The van der Waals surface area contributed by atoms with Gasteiger partial charge >= 0.3 is 5.97 Å². The van der Waals surface area contributed by atoms with Gasteiger partial charge in [-0.15, -0.1) is 0 Å². The number of ether oxygens (including phenoxy) is 1. The summed E-state index contributed by atoms with van der Waals surface area (Å²) in [5.41, 5.74) is 2.64. The Balaban J connectivity index is 1.51. The minimum Gasteiger partial charge on any atom is -0.491 e. The lowest BCUT2D eigenvalue weighted by atomic mass is 9.96. The number of hydrogen-bond donors (Lipinski definition) is 2. The van der Waals surface area contributed by atoms with Crippen molar-refractivity contribution >= 4 is 28.9 Å². The predicted molar refractivity (Wildman–Crippen MR) is 107 cm³/mol. The molecule has 4 rings (SSSR count). The van der Waals surface area contributed by atoms with Gasteiger partial charge in [0.2, 0.25) is 0 Å². The molecule has 2 aliphatic heterocycles. The minimum atomic E-state index is -0.698. The van der Waals surface area contributed by atoms with E-state index >= 15 is 0 Å². The normalized spacial score (nSPS) is 21.2. The number of carbonyl (C=O) groups is 1.